The van der Waals surface area contributed by atoms with E-state index in [1.165, 1.54) is 48.3 Å². The fourth-order valence-corrected chi connectivity index (χ4v) is 4.28. The Morgan fingerprint density at radius 3 is 2.62 bits per heavy atom. The van der Waals surface area contributed by atoms with Crippen LogP contribution in [0.15, 0.2) is 30.5 Å². The molecule has 4 rings (SSSR count). The predicted octanol–water partition coefficient (Wildman–Crippen LogP) is 0.150. The number of carbonyl (C=O) groups excluding carboxylic acids is 1. The van der Waals surface area contributed by atoms with Gasteiger partial charge in [-0.2, -0.15) is 0 Å². The highest BCUT2D eigenvalue weighted by molar-refractivity contribution is 5.74. The molecule has 0 saturated heterocycles. The van der Waals surface area contributed by atoms with Crippen LogP contribution in [0.25, 0.3) is 11.3 Å². The fourth-order valence-electron chi connectivity index (χ4n) is 4.28. The summed E-state index contributed by atoms with van der Waals surface area (Å²) in [4.78, 5) is 12.5. The number of nitrogens with zero attached hydrogens (tertiary/aromatic N) is 2. The second kappa shape index (κ2) is 8.26. The van der Waals surface area contributed by atoms with E-state index >= 15 is 0 Å². The summed E-state index contributed by atoms with van der Waals surface area (Å²) in [5.74, 6) is 1.45. The molecule has 1 N–H and O–H groups in total. The normalized spacial score (nSPS) is 16.8. The molecule has 4 nitrogen and oxygen atoms in total. The van der Waals surface area contributed by atoms with Gasteiger partial charge in [0.15, 0.2) is 12.2 Å². The monoisotopic (exact) mass is 373 g/mol. The summed E-state index contributed by atoms with van der Waals surface area (Å²) in [6.45, 7) is 3.61. The fraction of sp³-hybridized carbons (Fsp3) is 0.524. The third-order valence-electron chi connectivity index (χ3n) is 5.63. The number of hydrogen-bond donors (Lipinski definition) is 1. The van der Waals surface area contributed by atoms with Crippen molar-refractivity contribution in [1.82, 2.24) is 9.88 Å². The van der Waals surface area contributed by atoms with E-state index in [1.54, 1.807) is 0 Å². The van der Waals surface area contributed by atoms with Gasteiger partial charge in [0.25, 0.3) is 11.7 Å². The predicted molar refractivity (Wildman–Crippen MR) is 98.1 cm³/mol. The van der Waals surface area contributed by atoms with Gasteiger partial charge >= 0.3 is 0 Å². The van der Waals surface area contributed by atoms with Crippen molar-refractivity contribution in [3.8, 4) is 11.3 Å². The third-order valence-corrected chi connectivity index (χ3v) is 5.63. The molecule has 1 amide bonds. The topological polar surface area (TPSA) is 37.9 Å². The van der Waals surface area contributed by atoms with E-state index < -0.39 is 0 Å². The van der Waals surface area contributed by atoms with E-state index in [2.05, 4.69) is 51.8 Å². The van der Waals surface area contributed by atoms with Crippen LogP contribution >= 0.6 is 0 Å². The molecule has 2 aromatic rings. The van der Waals surface area contributed by atoms with Crippen molar-refractivity contribution < 1.29 is 21.8 Å². The summed E-state index contributed by atoms with van der Waals surface area (Å²) in [5, 5.41) is 3.25. The van der Waals surface area contributed by atoms with Gasteiger partial charge in [-0.15, -0.1) is 0 Å². The first-order chi connectivity index (χ1) is 12.2. The van der Waals surface area contributed by atoms with Crippen LogP contribution in [0.4, 0.5) is 0 Å². The second-order valence-corrected chi connectivity index (χ2v) is 7.58. The molecule has 1 aliphatic carbocycles. The summed E-state index contributed by atoms with van der Waals surface area (Å²) >= 11 is 0. The lowest BCUT2D eigenvalue weighted by Crippen LogP contribution is -3.00. The van der Waals surface area contributed by atoms with Gasteiger partial charge in [0.05, 0.1) is 13.0 Å². The van der Waals surface area contributed by atoms with E-state index in [4.69, 9.17) is 0 Å². The average molecular weight is 374 g/mol. The van der Waals surface area contributed by atoms with Gasteiger partial charge in [-0.05, 0) is 26.2 Å². The van der Waals surface area contributed by atoms with Gasteiger partial charge in [0.2, 0.25) is 0 Å². The van der Waals surface area contributed by atoms with Gasteiger partial charge < -0.3 is 17.7 Å². The number of imidazole rings is 1. The second-order valence-electron chi connectivity index (χ2n) is 7.58. The van der Waals surface area contributed by atoms with Crippen LogP contribution in [0.1, 0.15) is 49.9 Å². The molecule has 26 heavy (non-hydrogen) atoms. The molecule has 1 saturated carbocycles. The number of fused-ring (bicyclic) bond motifs is 1. The van der Waals surface area contributed by atoms with E-state index in [1.807, 2.05) is 0 Å². The quantitative estimate of drug-likeness (QED) is 0.761. The number of carbonyl (C=O) groups is 1. The van der Waals surface area contributed by atoms with Crippen molar-refractivity contribution in [3.05, 3.63) is 41.9 Å². The Bertz CT molecular complexity index is 760. The molecule has 1 aromatic carbocycles. The number of amides is 1. The zero-order valence-electron chi connectivity index (χ0n) is 15.5. The molecular formula is C21H28ClN3O. The zero-order chi connectivity index (χ0) is 17.2. The highest BCUT2D eigenvalue weighted by Crippen LogP contribution is 2.25. The smallest absolute Gasteiger partial charge is 0.262 e. The summed E-state index contributed by atoms with van der Waals surface area (Å²) in [6.07, 6.45) is 10.5. The Hall–Kier alpha value is -1.81. The molecule has 2 aliphatic rings. The maximum absolute atomic E-state index is 12.5. The van der Waals surface area contributed by atoms with E-state index in [0.29, 0.717) is 12.6 Å². The first-order valence-electron chi connectivity index (χ1n) is 9.69. The SMILES string of the molecule is Cc1ccc(-c2c[n+](CC(=O)NC3CCCCC3)c3n2CCC3)cc1.[Cl-]. The van der Waals surface area contributed by atoms with Crippen LogP contribution in [0.5, 0.6) is 0 Å². The van der Waals surface area contributed by atoms with Gasteiger partial charge in [-0.1, -0.05) is 49.1 Å². The molecule has 0 bridgehead atoms. The summed E-state index contributed by atoms with van der Waals surface area (Å²) in [6, 6.07) is 9.06. The molecule has 0 spiro atoms. The number of benzene rings is 1. The first-order valence-corrected chi connectivity index (χ1v) is 9.69. The maximum atomic E-state index is 12.5. The Labute approximate surface area is 162 Å². The molecule has 1 aromatic heterocycles. The van der Waals surface area contributed by atoms with Crippen LogP contribution in [-0.2, 0) is 24.3 Å². The van der Waals surface area contributed by atoms with Crippen molar-refractivity contribution in [3.63, 3.8) is 0 Å². The molecule has 5 heteroatoms. The zero-order valence-corrected chi connectivity index (χ0v) is 16.3. The number of nitrogens with one attached hydrogen (secondary N) is 1. The van der Waals surface area contributed by atoms with E-state index in [0.717, 1.165) is 25.8 Å². The minimum absolute atomic E-state index is 0. The van der Waals surface area contributed by atoms with Crippen molar-refractivity contribution in [2.24, 2.45) is 0 Å². The Morgan fingerprint density at radius 1 is 1.15 bits per heavy atom. The van der Waals surface area contributed by atoms with Crippen LogP contribution < -0.4 is 22.3 Å². The molecular weight excluding hydrogens is 346 g/mol. The summed E-state index contributed by atoms with van der Waals surface area (Å²) < 4.78 is 4.55. The van der Waals surface area contributed by atoms with Gasteiger partial charge in [-0.3, -0.25) is 4.79 Å². The minimum atomic E-state index is 0. The van der Waals surface area contributed by atoms with E-state index in [9.17, 15) is 4.79 Å². The number of aromatic nitrogens is 2. The molecule has 2 heterocycles. The molecule has 1 fully saturated rings. The van der Waals surface area contributed by atoms with Crippen molar-refractivity contribution in [1.29, 1.82) is 0 Å². The number of halogens is 1. The average Bonchev–Trinajstić information content (AvgIpc) is 3.21. The Morgan fingerprint density at radius 2 is 1.88 bits per heavy atom. The minimum Gasteiger partial charge on any atom is -1.00 e. The summed E-state index contributed by atoms with van der Waals surface area (Å²) in [7, 11) is 0. The lowest BCUT2D eigenvalue weighted by molar-refractivity contribution is -0.690. The van der Waals surface area contributed by atoms with Crippen molar-refractivity contribution >= 4 is 5.91 Å². The molecule has 1 aliphatic heterocycles. The lowest BCUT2D eigenvalue weighted by atomic mass is 9.95. The largest absolute Gasteiger partial charge is 1.00 e. The molecule has 0 atom stereocenters. The molecule has 0 radical (unpaired) electrons. The van der Waals surface area contributed by atoms with Crippen molar-refractivity contribution in [2.45, 2.75) is 71.0 Å². The van der Waals surface area contributed by atoms with Gasteiger partial charge in [-0.25, -0.2) is 9.13 Å². The first kappa shape index (κ1) is 19.0. The lowest BCUT2D eigenvalue weighted by Gasteiger charge is -2.22. The number of hydrogen-bond acceptors (Lipinski definition) is 1. The highest BCUT2D eigenvalue weighted by atomic mass is 35.5. The van der Waals surface area contributed by atoms with Crippen LogP contribution in [0.3, 0.4) is 0 Å². The number of rotatable bonds is 4. The van der Waals surface area contributed by atoms with Gasteiger partial charge in [0.1, 0.15) is 6.20 Å². The standard InChI is InChI=1S/C21H27N3O.ClH/c1-16-9-11-17(12-10-16)19-14-23(21-8-5-13-24(19)21)15-20(25)22-18-6-3-2-4-7-18;/h9-12,14,18H,2-8,13,15H2,1H3;1H. The van der Waals surface area contributed by atoms with Crippen LogP contribution in [-0.4, -0.2) is 16.5 Å². The number of aryl methyl sites for hydroxylation is 1. The maximum Gasteiger partial charge on any atom is 0.262 e. The van der Waals surface area contributed by atoms with Crippen molar-refractivity contribution in [2.75, 3.05) is 0 Å². The highest BCUT2D eigenvalue weighted by Gasteiger charge is 2.30. The molecule has 140 valence electrons. The van der Waals surface area contributed by atoms with Crippen LogP contribution in [0, 0.1) is 6.92 Å². The Balaban J connectivity index is 0.00000196. The van der Waals surface area contributed by atoms with Crippen LogP contribution in [0.2, 0.25) is 0 Å². The third kappa shape index (κ3) is 3.96. The van der Waals surface area contributed by atoms with E-state index in [-0.39, 0.29) is 18.3 Å². The van der Waals surface area contributed by atoms with Gasteiger partial charge in [0, 0.05) is 11.6 Å². The Kier molecular flexibility index (Phi) is 6.02. The summed E-state index contributed by atoms with van der Waals surface area (Å²) in [5.41, 5.74) is 3.75. The molecule has 0 unspecified atom stereocenters.